The largest absolute Gasteiger partial charge is 0.419 e. The van der Waals surface area contributed by atoms with Gasteiger partial charge in [-0.15, -0.1) is 11.7 Å². The van der Waals surface area contributed by atoms with Gasteiger partial charge in [0.1, 0.15) is 5.82 Å². The highest BCUT2D eigenvalue weighted by molar-refractivity contribution is 8.68. The monoisotopic (exact) mass is 228 g/mol. The summed E-state index contributed by atoms with van der Waals surface area (Å²) in [6.45, 7) is 0. The minimum atomic E-state index is -4.65. The number of thiol groups is 1. The maximum absolute atomic E-state index is 13.0. The summed E-state index contributed by atoms with van der Waals surface area (Å²) in [5, 5.41) is 0. The first kappa shape index (κ1) is 10.7. The zero-order valence-electron chi connectivity index (χ0n) is 6.10. The third-order valence-electron chi connectivity index (χ3n) is 1.37. The molecule has 0 aliphatic carbocycles. The first-order valence-corrected chi connectivity index (χ1v) is 5.01. The summed E-state index contributed by atoms with van der Waals surface area (Å²) in [6, 6.07) is 3.08. The fraction of sp³-hybridized carbons (Fsp3) is 0.143. The molecule has 0 spiro atoms. The number of hydrogen-bond acceptors (Lipinski definition) is 2. The van der Waals surface area contributed by atoms with Crippen molar-refractivity contribution in [3.8, 4) is 0 Å². The summed E-state index contributed by atoms with van der Waals surface area (Å²) < 4.78 is 49.3. The van der Waals surface area contributed by atoms with E-state index in [4.69, 9.17) is 0 Å². The Balaban J connectivity index is 3.24. The van der Waals surface area contributed by atoms with Crippen molar-refractivity contribution in [2.24, 2.45) is 0 Å². The highest BCUT2D eigenvalue weighted by Gasteiger charge is 2.34. The van der Waals surface area contributed by atoms with Crippen LogP contribution in [0.15, 0.2) is 23.1 Å². The molecule has 0 radical (unpaired) electrons. The van der Waals surface area contributed by atoms with Gasteiger partial charge in [0.25, 0.3) is 0 Å². The zero-order chi connectivity index (χ0) is 10.1. The van der Waals surface area contributed by atoms with Gasteiger partial charge in [-0.1, -0.05) is 16.9 Å². The van der Waals surface area contributed by atoms with Gasteiger partial charge in [-0.05, 0) is 12.1 Å². The summed E-state index contributed by atoms with van der Waals surface area (Å²) in [7, 11) is 0.645. The van der Waals surface area contributed by atoms with Crippen molar-refractivity contribution in [2.75, 3.05) is 0 Å². The smallest absolute Gasteiger partial charge is 0.205 e. The summed E-state index contributed by atoms with van der Waals surface area (Å²) in [6.07, 6.45) is -4.65. The lowest BCUT2D eigenvalue weighted by Gasteiger charge is -2.08. The molecule has 0 saturated carbocycles. The highest BCUT2D eigenvalue weighted by Crippen LogP contribution is 2.35. The first-order valence-electron chi connectivity index (χ1n) is 3.14. The van der Waals surface area contributed by atoms with Crippen LogP contribution in [-0.2, 0) is 6.18 Å². The van der Waals surface area contributed by atoms with Crippen molar-refractivity contribution in [2.45, 2.75) is 11.1 Å². The average molecular weight is 228 g/mol. The number of rotatable bonds is 1. The van der Waals surface area contributed by atoms with Crippen LogP contribution in [0.2, 0.25) is 0 Å². The molecule has 0 aliphatic rings. The van der Waals surface area contributed by atoms with E-state index >= 15 is 0 Å². The second-order valence-electron chi connectivity index (χ2n) is 2.21. The molecule has 6 heteroatoms. The van der Waals surface area contributed by atoms with Gasteiger partial charge in [0.2, 0.25) is 0 Å². The van der Waals surface area contributed by atoms with Crippen molar-refractivity contribution in [1.82, 2.24) is 0 Å². The van der Waals surface area contributed by atoms with Gasteiger partial charge in [0.05, 0.1) is 10.5 Å². The van der Waals surface area contributed by atoms with E-state index in [0.29, 0.717) is 16.9 Å². The molecule has 1 rings (SSSR count). The molecule has 0 fully saturated rings. The Morgan fingerprint density at radius 3 is 2.31 bits per heavy atom. The fourth-order valence-corrected chi connectivity index (χ4v) is 1.55. The molecule has 13 heavy (non-hydrogen) atoms. The maximum atomic E-state index is 13.0. The second-order valence-corrected chi connectivity index (χ2v) is 3.38. The summed E-state index contributed by atoms with van der Waals surface area (Å²) in [5.41, 5.74) is -1.26. The molecule has 0 atom stereocenters. The SMILES string of the molecule is Fc1c(SS)cccc1C(F)(F)F. The Morgan fingerprint density at radius 2 is 1.85 bits per heavy atom. The highest BCUT2D eigenvalue weighted by atomic mass is 33.1. The van der Waals surface area contributed by atoms with Gasteiger partial charge in [-0.3, -0.25) is 0 Å². The zero-order valence-corrected chi connectivity index (χ0v) is 7.81. The summed E-state index contributed by atoms with van der Waals surface area (Å²) in [4.78, 5) is -0.127. The van der Waals surface area contributed by atoms with Crippen molar-refractivity contribution < 1.29 is 17.6 Å². The van der Waals surface area contributed by atoms with Crippen LogP contribution in [0.3, 0.4) is 0 Å². The molecule has 0 aliphatic heterocycles. The molecule has 1 aromatic carbocycles. The van der Waals surface area contributed by atoms with E-state index in [1.54, 1.807) is 0 Å². The van der Waals surface area contributed by atoms with Gasteiger partial charge < -0.3 is 0 Å². The van der Waals surface area contributed by atoms with Gasteiger partial charge in [0, 0.05) is 0 Å². The predicted molar refractivity (Wildman–Crippen MR) is 46.2 cm³/mol. The van der Waals surface area contributed by atoms with E-state index in [1.807, 2.05) is 0 Å². The van der Waals surface area contributed by atoms with Gasteiger partial charge in [-0.25, -0.2) is 4.39 Å². The minimum Gasteiger partial charge on any atom is -0.205 e. The Labute approximate surface area is 81.1 Å². The predicted octanol–water partition coefficient (Wildman–Crippen LogP) is 3.78. The molecular formula is C7H4F4S2. The van der Waals surface area contributed by atoms with Crippen LogP contribution in [0, 0.1) is 5.82 Å². The van der Waals surface area contributed by atoms with E-state index in [-0.39, 0.29) is 4.90 Å². The van der Waals surface area contributed by atoms with Crippen LogP contribution in [0.25, 0.3) is 0 Å². The summed E-state index contributed by atoms with van der Waals surface area (Å²) >= 11 is 3.63. The minimum absolute atomic E-state index is 0.127. The number of benzene rings is 1. The number of halogens is 4. The van der Waals surface area contributed by atoms with Crippen LogP contribution >= 0.6 is 22.5 Å². The van der Waals surface area contributed by atoms with E-state index in [9.17, 15) is 17.6 Å². The van der Waals surface area contributed by atoms with Gasteiger partial charge >= 0.3 is 6.18 Å². The summed E-state index contributed by atoms with van der Waals surface area (Å²) in [5.74, 6) is -1.27. The number of hydrogen-bond donors (Lipinski definition) is 1. The Morgan fingerprint density at radius 1 is 1.23 bits per heavy atom. The molecule has 0 amide bonds. The Kier molecular flexibility index (Phi) is 3.13. The van der Waals surface area contributed by atoms with E-state index in [1.165, 1.54) is 6.07 Å². The van der Waals surface area contributed by atoms with Crippen molar-refractivity contribution in [3.63, 3.8) is 0 Å². The van der Waals surface area contributed by atoms with Gasteiger partial charge in [-0.2, -0.15) is 13.2 Å². The van der Waals surface area contributed by atoms with Crippen molar-refractivity contribution >= 4 is 22.5 Å². The van der Waals surface area contributed by atoms with Crippen LogP contribution in [0.5, 0.6) is 0 Å². The first-order chi connectivity index (χ1) is 5.96. The quantitative estimate of drug-likeness (QED) is 0.433. The fourth-order valence-electron chi connectivity index (χ4n) is 0.800. The molecule has 0 saturated heterocycles. The van der Waals surface area contributed by atoms with Crippen LogP contribution < -0.4 is 0 Å². The maximum Gasteiger partial charge on any atom is 0.419 e. The molecule has 0 bridgehead atoms. The molecule has 1 aromatic rings. The second kappa shape index (κ2) is 3.79. The lowest BCUT2D eigenvalue weighted by Crippen LogP contribution is -2.08. The molecule has 0 unspecified atom stereocenters. The normalized spacial score (nSPS) is 11.8. The third-order valence-corrected chi connectivity index (χ3v) is 2.47. The third kappa shape index (κ3) is 2.31. The molecule has 0 N–H and O–H groups in total. The average Bonchev–Trinajstić information content (AvgIpc) is 2.02. The lowest BCUT2D eigenvalue weighted by molar-refractivity contribution is -0.140. The van der Waals surface area contributed by atoms with Crippen LogP contribution in [0.4, 0.5) is 17.6 Å². The Bertz CT molecular complexity index is 308. The molecule has 0 nitrogen and oxygen atoms in total. The van der Waals surface area contributed by atoms with E-state index < -0.39 is 17.6 Å². The standard InChI is InChI=1S/C7H4F4S2/c8-6-4(7(9,10)11)2-1-3-5(6)13-12/h1-3,12H. The molecule has 0 aromatic heterocycles. The van der Waals surface area contributed by atoms with Crippen molar-refractivity contribution in [1.29, 1.82) is 0 Å². The van der Waals surface area contributed by atoms with Crippen LogP contribution in [-0.4, -0.2) is 0 Å². The molecular weight excluding hydrogens is 224 g/mol. The van der Waals surface area contributed by atoms with Gasteiger partial charge in [0.15, 0.2) is 0 Å². The van der Waals surface area contributed by atoms with E-state index in [0.717, 1.165) is 6.07 Å². The molecule has 0 heterocycles. The number of alkyl halides is 3. The Hall–Kier alpha value is -0.360. The van der Waals surface area contributed by atoms with E-state index in [2.05, 4.69) is 11.7 Å². The lowest BCUT2D eigenvalue weighted by atomic mass is 10.2. The topological polar surface area (TPSA) is 0 Å². The molecule has 72 valence electrons. The van der Waals surface area contributed by atoms with Crippen molar-refractivity contribution in [3.05, 3.63) is 29.6 Å². The van der Waals surface area contributed by atoms with Crippen LogP contribution in [0.1, 0.15) is 5.56 Å².